The normalized spacial score (nSPS) is 10.8. The predicted octanol–water partition coefficient (Wildman–Crippen LogP) is 2.84. The van der Waals surface area contributed by atoms with Crippen LogP contribution in [-0.4, -0.2) is 29.7 Å². The van der Waals surface area contributed by atoms with Crippen molar-refractivity contribution in [3.63, 3.8) is 0 Å². The Hall–Kier alpha value is -2.37. The van der Waals surface area contributed by atoms with Gasteiger partial charge in [-0.15, -0.1) is 0 Å². The van der Waals surface area contributed by atoms with Gasteiger partial charge in [-0.1, -0.05) is 19.0 Å². The molecule has 0 fully saturated rings. The van der Waals surface area contributed by atoms with Crippen LogP contribution in [0, 0.1) is 5.92 Å². The number of nitrogens with zero attached hydrogens (tertiary/aromatic N) is 2. The van der Waals surface area contributed by atoms with E-state index in [1.54, 1.807) is 7.11 Å². The second kappa shape index (κ2) is 8.31. The minimum atomic E-state index is 0.0764. The largest absolute Gasteiger partial charge is 0.497 e. The smallest absolute Gasteiger partial charge is 0.228 e. The number of hydrogen-bond acceptors (Lipinski definition) is 5. The first-order valence-electron chi connectivity index (χ1n) is 7.92. The van der Waals surface area contributed by atoms with Crippen molar-refractivity contribution in [3.05, 3.63) is 30.2 Å². The molecule has 0 saturated carbocycles. The number of nitrogens with one attached hydrogen (secondary N) is 1. The Kier molecular flexibility index (Phi) is 6.14. The van der Waals surface area contributed by atoms with Crippen LogP contribution >= 0.6 is 0 Å². The maximum atomic E-state index is 11.9. The van der Waals surface area contributed by atoms with Gasteiger partial charge in [0.15, 0.2) is 0 Å². The highest BCUT2D eigenvalue weighted by Crippen LogP contribution is 2.19. The van der Waals surface area contributed by atoms with Crippen molar-refractivity contribution >= 4 is 5.91 Å². The lowest BCUT2D eigenvalue weighted by Gasteiger charge is -2.11. The molecule has 0 bridgehead atoms. The number of carbonyl (C=O) groups is 1. The Bertz CT molecular complexity index is 618. The highest BCUT2D eigenvalue weighted by atomic mass is 16.5. The number of carbonyl (C=O) groups excluding carboxylic acids is 1. The van der Waals surface area contributed by atoms with Crippen molar-refractivity contribution in [3.8, 4) is 17.1 Å². The second-order valence-corrected chi connectivity index (χ2v) is 5.29. The van der Waals surface area contributed by atoms with Gasteiger partial charge in [0.05, 0.1) is 7.11 Å². The van der Waals surface area contributed by atoms with Crippen LogP contribution in [0.5, 0.6) is 5.75 Å². The molecule has 1 amide bonds. The molecule has 0 spiro atoms. The first-order valence-corrected chi connectivity index (χ1v) is 7.92. The molecule has 2 aromatic rings. The standard InChI is InChI=1S/C17H23N3O3/c1-4-12(5-2)17(21)18-11-10-15-19-16(20-23-15)13-6-8-14(22-3)9-7-13/h6-9,12H,4-5,10-11H2,1-3H3,(H,18,21). The van der Waals surface area contributed by atoms with E-state index in [2.05, 4.69) is 15.5 Å². The Morgan fingerprint density at radius 1 is 1.26 bits per heavy atom. The van der Waals surface area contributed by atoms with Crippen LogP contribution in [0.25, 0.3) is 11.4 Å². The Labute approximate surface area is 136 Å². The van der Waals surface area contributed by atoms with Crippen molar-refractivity contribution in [2.24, 2.45) is 5.92 Å². The summed E-state index contributed by atoms with van der Waals surface area (Å²) in [5.74, 6) is 1.99. The molecule has 0 aliphatic carbocycles. The van der Waals surface area contributed by atoms with E-state index in [1.165, 1.54) is 0 Å². The summed E-state index contributed by atoms with van der Waals surface area (Å²) in [4.78, 5) is 16.2. The fourth-order valence-electron chi connectivity index (χ4n) is 2.31. The molecular formula is C17H23N3O3. The number of methoxy groups -OCH3 is 1. The highest BCUT2D eigenvalue weighted by Gasteiger charge is 2.14. The maximum absolute atomic E-state index is 11.9. The van der Waals surface area contributed by atoms with Crippen LogP contribution in [-0.2, 0) is 11.2 Å². The lowest BCUT2D eigenvalue weighted by atomic mass is 10.0. The fraction of sp³-hybridized carbons (Fsp3) is 0.471. The van der Waals surface area contributed by atoms with Gasteiger partial charge in [0.2, 0.25) is 17.6 Å². The van der Waals surface area contributed by atoms with E-state index in [9.17, 15) is 4.79 Å². The Morgan fingerprint density at radius 3 is 2.57 bits per heavy atom. The van der Waals surface area contributed by atoms with Crippen LogP contribution < -0.4 is 10.1 Å². The molecule has 0 saturated heterocycles. The van der Waals surface area contributed by atoms with Crippen LogP contribution in [0.1, 0.15) is 32.6 Å². The summed E-state index contributed by atoms with van der Waals surface area (Å²) in [7, 11) is 1.62. The minimum absolute atomic E-state index is 0.0764. The second-order valence-electron chi connectivity index (χ2n) is 5.29. The summed E-state index contributed by atoms with van der Waals surface area (Å²) < 4.78 is 10.3. The van der Waals surface area contributed by atoms with Crippen LogP contribution in [0.4, 0.5) is 0 Å². The van der Waals surface area contributed by atoms with Gasteiger partial charge in [-0.2, -0.15) is 4.98 Å². The molecule has 0 radical (unpaired) electrons. The lowest BCUT2D eigenvalue weighted by Crippen LogP contribution is -2.31. The van der Waals surface area contributed by atoms with Gasteiger partial charge >= 0.3 is 0 Å². The molecule has 1 heterocycles. The summed E-state index contributed by atoms with van der Waals surface area (Å²) in [6.45, 7) is 4.54. The maximum Gasteiger partial charge on any atom is 0.228 e. The van der Waals surface area contributed by atoms with Crippen LogP contribution in [0.3, 0.4) is 0 Å². The van der Waals surface area contributed by atoms with E-state index in [4.69, 9.17) is 9.26 Å². The molecule has 23 heavy (non-hydrogen) atoms. The summed E-state index contributed by atoms with van der Waals surface area (Å²) in [5, 5.41) is 6.88. The average molecular weight is 317 g/mol. The molecule has 124 valence electrons. The van der Waals surface area contributed by atoms with Crippen LogP contribution in [0.2, 0.25) is 0 Å². The number of amides is 1. The Balaban J connectivity index is 1.88. The van der Waals surface area contributed by atoms with Gasteiger partial charge in [0, 0.05) is 24.4 Å². The molecule has 6 heteroatoms. The van der Waals surface area contributed by atoms with E-state index < -0.39 is 0 Å². The third-order valence-electron chi connectivity index (χ3n) is 3.81. The molecule has 2 rings (SSSR count). The first kappa shape index (κ1) is 17.0. The van der Waals surface area contributed by atoms with Crippen molar-refractivity contribution in [2.75, 3.05) is 13.7 Å². The monoisotopic (exact) mass is 317 g/mol. The molecule has 0 aliphatic rings. The zero-order valence-corrected chi connectivity index (χ0v) is 13.8. The number of ether oxygens (including phenoxy) is 1. The van der Waals surface area contributed by atoms with Crippen LogP contribution in [0.15, 0.2) is 28.8 Å². The average Bonchev–Trinajstić information content (AvgIpc) is 3.05. The SMILES string of the molecule is CCC(CC)C(=O)NCCc1nc(-c2ccc(OC)cc2)no1. The molecular weight excluding hydrogens is 294 g/mol. The van der Waals surface area contributed by atoms with Gasteiger partial charge in [-0.25, -0.2) is 0 Å². The molecule has 1 aromatic carbocycles. The van der Waals surface area contributed by atoms with Crippen molar-refractivity contribution < 1.29 is 14.1 Å². The van der Waals surface area contributed by atoms with E-state index in [1.807, 2.05) is 38.1 Å². The molecule has 0 aliphatic heterocycles. The number of rotatable bonds is 8. The van der Waals surface area contributed by atoms with Gasteiger partial charge < -0.3 is 14.6 Å². The van der Waals surface area contributed by atoms with E-state index in [0.29, 0.717) is 24.7 Å². The number of aromatic nitrogens is 2. The summed E-state index contributed by atoms with van der Waals surface area (Å²) in [6, 6.07) is 7.45. The topological polar surface area (TPSA) is 77.2 Å². The third-order valence-corrected chi connectivity index (χ3v) is 3.81. The molecule has 0 unspecified atom stereocenters. The molecule has 0 atom stereocenters. The van der Waals surface area contributed by atoms with Crippen molar-refractivity contribution in [1.29, 1.82) is 0 Å². The Morgan fingerprint density at radius 2 is 1.96 bits per heavy atom. The highest BCUT2D eigenvalue weighted by molar-refractivity contribution is 5.78. The summed E-state index contributed by atoms with van der Waals surface area (Å²) in [5.41, 5.74) is 0.863. The van der Waals surface area contributed by atoms with Crippen molar-refractivity contribution in [1.82, 2.24) is 15.5 Å². The summed E-state index contributed by atoms with van der Waals surface area (Å²) >= 11 is 0. The summed E-state index contributed by atoms with van der Waals surface area (Å²) in [6.07, 6.45) is 2.23. The molecule has 6 nitrogen and oxygen atoms in total. The quantitative estimate of drug-likeness (QED) is 0.810. The fourth-order valence-corrected chi connectivity index (χ4v) is 2.31. The minimum Gasteiger partial charge on any atom is -0.497 e. The van der Waals surface area contributed by atoms with Crippen molar-refractivity contribution in [2.45, 2.75) is 33.1 Å². The predicted molar refractivity (Wildman–Crippen MR) is 87.1 cm³/mol. The zero-order chi connectivity index (χ0) is 16.7. The van der Waals surface area contributed by atoms with Gasteiger partial charge in [0.1, 0.15) is 5.75 Å². The third kappa shape index (κ3) is 4.55. The van der Waals surface area contributed by atoms with E-state index >= 15 is 0 Å². The van der Waals surface area contributed by atoms with Gasteiger partial charge in [-0.3, -0.25) is 4.79 Å². The number of hydrogen-bond donors (Lipinski definition) is 1. The first-order chi connectivity index (χ1) is 11.2. The van der Waals surface area contributed by atoms with E-state index in [0.717, 1.165) is 24.2 Å². The molecule has 1 N–H and O–H groups in total. The van der Waals surface area contributed by atoms with E-state index in [-0.39, 0.29) is 11.8 Å². The molecule has 1 aromatic heterocycles. The van der Waals surface area contributed by atoms with Gasteiger partial charge in [-0.05, 0) is 37.1 Å². The number of benzene rings is 1. The van der Waals surface area contributed by atoms with Gasteiger partial charge in [0.25, 0.3) is 0 Å². The zero-order valence-electron chi connectivity index (χ0n) is 13.8. The lowest BCUT2D eigenvalue weighted by molar-refractivity contribution is -0.125.